The number of carbonyl (C=O) groups excluding carboxylic acids is 3. The minimum Gasteiger partial charge on any atom is -0.463 e. The summed E-state index contributed by atoms with van der Waals surface area (Å²) < 4.78 is 5.72. The van der Waals surface area contributed by atoms with Crippen molar-refractivity contribution < 1.29 is 24.2 Å². The number of aliphatic hydroxyl groups excluding tert-OH is 1. The molecule has 7 heteroatoms. The molecule has 0 bridgehead atoms. The van der Waals surface area contributed by atoms with Gasteiger partial charge in [0.15, 0.2) is 0 Å². The van der Waals surface area contributed by atoms with Gasteiger partial charge >= 0.3 is 5.97 Å². The van der Waals surface area contributed by atoms with Crippen LogP contribution >= 0.6 is 0 Å². The SMILES string of the molecule is O=C1OCC2CCCN2C(=O)C(CC(=O)N2CCCC2CO)CC=CCC1Cc1ccccc1. The molecular weight excluding hydrogens is 432 g/mol. The molecule has 3 heterocycles. The second-order valence-electron chi connectivity index (χ2n) is 9.75. The molecule has 1 N–H and O–H groups in total. The van der Waals surface area contributed by atoms with Gasteiger partial charge in [0, 0.05) is 19.5 Å². The first-order valence-electron chi connectivity index (χ1n) is 12.6. The summed E-state index contributed by atoms with van der Waals surface area (Å²) >= 11 is 0. The van der Waals surface area contributed by atoms with E-state index in [-0.39, 0.29) is 55.4 Å². The fourth-order valence-electron chi connectivity index (χ4n) is 5.47. The summed E-state index contributed by atoms with van der Waals surface area (Å²) in [6, 6.07) is 9.66. The van der Waals surface area contributed by atoms with Crippen LogP contribution in [0.3, 0.4) is 0 Å². The maximum atomic E-state index is 13.5. The van der Waals surface area contributed by atoms with Gasteiger partial charge in [-0.3, -0.25) is 14.4 Å². The fourth-order valence-corrected chi connectivity index (χ4v) is 5.47. The highest BCUT2D eigenvalue weighted by Gasteiger charge is 2.37. The average Bonchev–Trinajstić information content (AvgIpc) is 3.52. The zero-order valence-electron chi connectivity index (χ0n) is 19.8. The molecule has 2 saturated heterocycles. The zero-order valence-corrected chi connectivity index (χ0v) is 19.8. The largest absolute Gasteiger partial charge is 0.463 e. The molecule has 7 nitrogen and oxygen atoms in total. The highest BCUT2D eigenvalue weighted by molar-refractivity contribution is 5.86. The minimum absolute atomic E-state index is 0.0299. The van der Waals surface area contributed by atoms with Crippen molar-refractivity contribution in [2.24, 2.45) is 11.8 Å². The summed E-state index contributed by atoms with van der Waals surface area (Å²) in [7, 11) is 0. The van der Waals surface area contributed by atoms with Gasteiger partial charge in [0.1, 0.15) is 6.61 Å². The molecule has 1 aromatic rings. The van der Waals surface area contributed by atoms with Crippen LogP contribution in [0, 0.1) is 11.8 Å². The van der Waals surface area contributed by atoms with Gasteiger partial charge in [0.2, 0.25) is 11.8 Å². The van der Waals surface area contributed by atoms with E-state index in [2.05, 4.69) is 0 Å². The number of benzene rings is 1. The molecule has 4 atom stereocenters. The van der Waals surface area contributed by atoms with Crippen molar-refractivity contribution in [3.8, 4) is 0 Å². The van der Waals surface area contributed by atoms with Crippen LogP contribution in [-0.2, 0) is 25.5 Å². The number of carbonyl (C=O) groups is 3. The van der Waals surface area contributed by atoms with Crippen LogP contribution in [0.4, 0.5) is 0 Å². The number of rotatable bonds is 5. The summed E-state index contributed by atoms with van der Waals surface area (Å²) in [6.07, 6.45) is 9.03. The van der Waals surface area contributed by atoms with E-state index in [1.54, 1.807) is 4.90 Å². The van der Waals surface area contributed by atoms with E-state index in [0.717, 1.165) is 31.2 Å². The molecule has 3 aliphatic rings. The second kappa shape index (κ2) is 11.6. The van der Waals surface area contributed by atoms with E-state index in [9.17, 15) is 19.5 Å². The number of likely N-dealkylation sites (tertiary alicyclic amines) is 1. The predicted octanol–water partition coefficient (Wildman–Crippen LogP) is 2.72. The molecule has 0 aliphatic carbocycles. The number of fused-ring (bicyclic) bond motifs is 1. The number of hydrogen-bond acceptors (Lipinski definition) is 5. The average molecular weight is 469 g/mol. The Bertz CT molecular complexity index is 886. The van der Waals surface area contributed by atoms with E-state index in [1.165, 1.54) is 0 Å². The van der Waals surface area contributed by atoms with Gasteiger partial charge in [-0.05, 0) is 50.5 Å². The second-order valence-corrected chi connectivity index (χ2v) is 9.75. The number of hydrogen-bond donors (Lipinski definition) is 1. The van der Waals surface area contributed by atoms with Crippen molar-refractivity contribution >= 4 is 17.8 Å². The first-order chi connectivity index (χ1) is 16.6. The topological polar surface area (TPSA) is 87.2 Å². The predicted molar refractivity (Wildman–Crippen MR) is 128 cm³/mol. The van der Waals surface area contributed by atoms with Crippen molar-refractivity contribution in [3.05, 3.63) is 48.0 Å². The summed E-state index contributed by atoms with van der Waals surface area (Å²) in [4.78, 5) is 43.0. The summed E-state index contributed by atoms with van der Waals surface area (Å²) in [5, 5.41) is 9.61. The third-order valence-corrected chi connectivity index (χ3v) is 7.42. The van der Waals surface area contributed by atoms with Gasteiger partial charge in [-0.25, -0.2) is 0 Å². The van der Waals surface area contributed by atoms with Crippen LogP contribution in [0.5, 0.6) is 0 Å². The van der Waals surface area contributed by atoms with Crippen LogP contribution in [0.15, 0.2) is 42.5 Å². The molecule has 1 aromatic carbocycles. The Hall–Kier alpha value is -2.67. The van der Waals surface area contributed by atoms with Gasteiger partial charge in [-0.1, -0.05) is 42.5 Å². The first-order valence-corrected chi connectivity index (χ1v) is 12.6. The number of aliphatic hydroxyl groups is 1. The Morgan fingerprint density at radius 1 is 1.00 bits per heavy atom. The lowest BCUT2D eigenvalue weighted by atomic mass is 9.94. The monoisotopic (exact) mass is 468 g/mol. The first kappa shape index (κ1) is 24.5. The van der Waals surface area contributed by atoms with Crippen LogP contribution in [-0.4, -0.2) is 71.1 Å². The Morgan fingerprint density at radius 2 is 1.74 bits per heavy atom. The highest BCUT2D eigenvalue weighted by atomic mass is 16.5. The number of esters is 1. The van der Waals surface area contributed by atoms with E-state index >= 15 is 0 Å². The number of nitrogens with zero attached hydrogens (tertiary/aromatic N) is 2. The van der Waals surface area contributed by atoms with Gasteiger partial charge in [-0.2, -0.15) is 0 Å². The van der Waals surface area contributed by atoms with Crippen LogP contribution in [0.2, 0.25) is 0 Å². The molecule has 0 spiro atoms. The Morgan fingerprint density at radius 3 is 2.50 bits per heavy atom. The summed E-state index contributed by atoms with van der Waals surface area (Å²) in [5.74, 6) is -1.02. The van der Waals surface area contributed by atoms with Gasteiger partial charge in [0.25, 0.3) is 0 Å². The summed E-state index contributed by atoms with van der Waals surface area (Å²) in [5.41, 5.74) is 1.09. The highest BCUT2D eigenvalue weighted by Crippen LogP contribution is 2.27. The van der Waals surface area contributed by atoms with Gasteiger partial charge in [0.05, 0.1) is 30.5 Å². The van der Waals surface area contributed by atoms with Crippen LogP contribution < -0.4 is 0 Å². The lowest BCUT2D eigenvalue weighted by Crippen LogP contribution is -2.45. The van der Waals surface area contributed by atoms with Crippen LogP contribution in [0.1, 0.15) is 50.5 Å². The normalized spacial score (nSPS) is 28.3. The Balaban J connectivity index is 1.49. The van der Waals surface area contributed by atoms with Crippen molar-refractivity contribution in [2.75, 3.05) is 26.3 Å². The quantitative estimate of drug-likeness (QED) is 0.530. The van der Waals surface area contributed by atoms with Crippen molar-refractivity contribution in [1.82, 2.24) is 9.80 Å². The van der Waals surface area contributed by atoms with E-state index in [0.29, 0.717) is 32.4 Å². The zero-order chi connectivity index (χ0) is 23.9. The molecule has 3 aliphatic heterocycles. The minimum atomic E-state index is -0.438. The van der Waals surface area contributed by atoms with Crippen molar-refractivity contribution in [3.63, 3.8) is 0 Å². The fraction of sp³-hybridized carbons (Fsp3) is 0.593. The third-order valence-electron chi connectivity index (χ3n) is 7.42. The lowest BCUT2D eigenvalue weighted by molar-refractivity contribution is -0.152. The van der Waals surface area contributed by atoms with Crippen molar-refractivity contribution in [1.29, 1.82) is 0 Å². The number of ether oxygens (including phenoxy) is 1. The maximum absolute atomic E-state index is 13.5. The van der Waals surface area contributed by atoms with Gasteiger partial charge < -0.3 is 19.6 Å². The number of cyclic esters (lactones) is 1. The standard InChI is InChI=1S/C27H36N2O5/c30-18-23-12-6-14-28(23)25(31)17-21-10-4-5-11-22(16-20-8-2-1-3-9-20)27(33)34-19-24-13-7-15-29(24)26(21)32/h1-5,8-9,21-24,30H,6-7,10-19H2. The molecule has 4 rings (SSSR count). The Labute approximate surface area is 201 Å². The van der Waals surface area contributed by atoms with Crippen molar-refractivity contribution in [2.45, 2.75) is 63.5 Å². The maximum Gasteiger partial charge on any atom is 0.309 e. The molecule has 2 amide bonds. The molecule has 0 saturated carbocycles. The molecular formula is C27H36N2O5. The third kappa shape index (κ3) is 5.87. The molecule has 184 valence electrons. The number of amides is 2. The lowest BCUT2D eigenvalue weighted by Gasteiger charge is -2.30. The summed E-state index contributed by atoms with van der Waals surface area (Å²) in [6.45, 7) is 1.45. The van der Waals surface area contributed by atoms with E-state index in [1.807, 2.05) is 47.4 Å². The Kier molecular flexibility index (Phi) is 8.38. The smallest absolute Gasteiger partial charge is 0.309 e. The molecule has 0 radical (unpaired) electrons. The van der Waals surface area contributed by atoms with Gasteiger partial charge in [-0.15, -0.1) is 0 Å². The number of allylic oxidation sites excluding steroid dienone is 2. The molecule has 4 unspecified atom stereocenters. The van der Waals surface area contributed by atoms with E-state index < -0.39 is 5.92 Å². The molecule has 34 heavy (non-hydrogen) atoms. The van der Waals surface area contributed by atoms with E-state index in [4.69, 9.17) is 4.74 Å². The molecule has 0 aromatic heterocycles. The van der Waals surface area contributed by atoms with Crippen LogP contribution in [0.25, 0.3) is 0 Å². The molecule has 2 fully saturated rings.